The summed E-state index contributed by atoms with van der Waals surface area (Å²) in [4.78, 5) is 23.5. The minimum absolute atomic E-state index is 0.0893. The van der Waals surface area contributed by atoms with Crippen molar-refractivity contribution in [1.82, 2.24) is 10.6 Å². The van der Waals surface area contributed by atoms with Gasteiger partial charge in [-0.05, 0) is 26.0 Å². The number of ether oxygens (including phenoxy) is 2. The highest BCUT2D eigenvalue weighted by Crippen LogP contribution is 2.22. The number of methoxy groups -OCH3 is 2. The van der Waals surface area contributed by atoms with Crippen LogP contribution in [-0.4, -0.2) is 38.6 Å². The van der Waals surface area contributed by atoms with Gasteiger partial charge in [0, 0.05) is 30.6 Å². The molecule has 0 bridgehead atoms. The van der Waals surface area contributed by atoms with Crippen LogP contribution in [0.25, 0.3) is 0 Å². The molecule has 1 aromatic carbocycles. The Morgan fingerprint density at radius 2 is 1.67 bits per heavy atom. The van der Waals surface area contributed by atoms with Crippen LogP contribution in [0.2, 0.25) is 0 Å². The molecule has 2 amide bonds. The zero-order chi connectivity index (χ0) is 15.8. The summed E-state index contributed by atoms with van der Waals surface area (Å²) >= 11 is 0. The molecule has 116 valence electrons. The van der Waals surface area contributed by atoms with Gasteiger partial charge in [-0.1, -0.05) is 0 Å². The number of amides is 2. The van der Waals surface area contributed by atoms with Crippen molar-refractivity contribution in [2.75, 3.05) is 20.8 Å². The monoisotopic (exact) mass is 294 g/mol. The lowest BCUT2D eigenvalue weighted by molar-refractivity contribution is -0.121. The second-order valence-electron chi connectivity index (χ2n) is 4.83. The molecule has 0 heterocycles. The van der Waals surface area contributed by atoms with E-state index in [9.17, 15) is 9.59 Å². The second-order valence-corrected chi connectivity index (χ2v) is 4.83. The van der Waals surface area contributed by atoms with E-state index < -0.39 is 0 Å². The molecule has 1 aromatic rings. The van der Waals surface area contributed by atoms with Crippen molar-refractivity contribution in [2.24, 2.45) is 0 Å². The summed E-state index contributed by atoms with van der Waals surface area (Å²) < 4.78 is 10.2. The van der Waals surface area contributed by atoms with Crippen molar-refractivity contribution < 1.29 is 19.1 Å². The molecule has 21 heavy (non-hydrogen) atoms. The molecule has 2 N–H and O–H groups in total. The van der Waals surface area contributed by atoms with Crippen molar-refractivity contribution in [3.05, 3.63) is 23.8 Å². The van der Waals surface area contributed by atoms with Gasteiger partial charge in [0.05, 0.1) is 14.2 Å². The van der Waals surface area contributed by atoms with Gasteiger partial charge in [-0.25, -0.2) is 0 Å². The van der Waals surface area contributed by atoms with Crippen molar-refractivity contribution >= 4 is 11.8 Å². The Labute approximate surface area is 124 Å². The topological polar surface area (TPSA) is 76.7 Å². The molecular formula is C15H22N2O4. The average Bonchev–Trinajstić information content (AvgIpc) is 2.45. The van der Waals surface area contributed by atoms with Crippen LogP contribution >= 0.6 is 0 Å². The Balaban J connectivity index is 2.57. The molecule has 0 fully saturated rings. The van der Waals surface area contributed by atoms with Gasteiger partial charge in [-0.3, -0.25) is 9.59 Å². The molecule has 6 nitrogen and oxygen atoms in total. The molecule has 6 heteroatoms. The first-order chi connectivity index (χ1) is 9.96. The van der Waals surface area contributed by atoms with E-state index in [1.54, 1.807) is 18.2 Å². The highest BCUT2D eigenvalue weighted by atomic mass is 16.5. The van der Waals surface area contributed by atoms with Gasteiger partial charge in [0.15, 0.2) is 0 Å². The summed E-state index contributed by atoms with van der Waals surface area (Å²) in [5, 5.41) is 5.46. The molecule has 0 aliphatic carbocycles. The maximum Gasteiger partial charge on any atom is 0.251 e. The van der Waals surface area contributed by atoms with Crippen LogP contribution in [0.15, 0.2) is 18.2 Å². The first-order valence-electron chi connectivity index (χ1n) is 6.77. The van der Waals surface area contributed by atoms with Gasteiger partial charge in [0.25, 0.3) is 5.91 Å². The Hall–Kier alpha value is -2.24. The smallest absolute Gasteiger partial charge is 0.251 e. The summed E-state index contributed by atoms with van der Waals surface area (Å²) in [6.07, 6.45) is 0.241. The number of nitrogens with one attached hydrogen (secondary N) is 2. The van der Waals surface area contributed by atoms with E-state index >= 15 is 0 Å². The third kappa shape index (κ3) is 5.72. The number of carbonyl (C=O) groups excluding carboxylic acids is 2. The molecular weight excluding hydrogens is 272 g/mol. The third-order valence-electron chi connectivity index (χ3n) is 2.70. The fraction of sp³-hybridized carbons (Fsp3) is 0.467. The third-order valence-corrected chi connectivity index (χ3v) is 2.70. The van der Waals surface area contributed by atoms with Gasteiger partial charge in [-0.2, -0.15) is 0 Å². The Morgan fingerprint density at radius 1 is 1.10 bits per heavy atom. The van der Waals surface area contributed by atoms with Crippen LogP contribution in [0, 0.1) is 0 Å². The lowest BCUT2D eigenvalue weighted by Crippen LogP contribution is -2.34. The predicted octanol–water partition coefficient (Wildman–Crippen LogP) is 1.35. The van der Waals surface area contributed by atoms with Crippen LogP contribution in [-0.2, 0) is 4.79 Å². The van der Waals surface area contributed by atoms with Crippen molar-refractivity contribution in [1.29, 1.82) is 0 Å². The molecule has 0 unspecified atom stereocenters. The summed E-state index contributed by atoms with van der Waals surface area (Å²) in [5.41, 5.74) is 0.426. The van der Waals surface area contributed by atoms with E-state index in [4.69, 9.17) is 9.47 Å². The Kier molecular flexibility index (Phi) is 6.52. The minimum atomic E-state index is -0.274. The van der Waals surface area contributed by atoms with E-state index in [1.807, 2.05) is 13.8 Å². The quantitative estimate of drug-likeness (QED) is 0.796. The summed E-state index contributed by atoms with van der Waals surface area (Å²) in [6, 6.07) is 5.01. The number of carbonyl (C=O) groups is 2. The zero-order valence-corrected chi connectivity index (χ0v) is 12.9. The second kappa shape index (κ2) is 8.14. The van der Waals surface area contributed by atoms with Crippen molar-refractivity contribution in [3.63, 3.8) is 0 Å². The van der Waals surface area contributed by atoms with Gasteiger partial charge in [0.1, 0.15) is 11.5 Å². The fourth-order valence-electron chi connectivity index (χ4n) is 1.72. The Bertz CT molecular complexity index is 478. The van der Waals surface area contributed by atoms with Crippen LogP contribution < -0.4 is 20.1 Å². The highest BCUT2D eigenvalue weighted by Gasteiger charge is 2.10. The fourth-order valence-corrected chi connectivity index (χ4v) is 1.72. The number of hydrogen-bond acceptors (Lipinski definition) is 4. The largest absolute Gasteiger partial charge is 0.497 e. The number of benzene rings is 1. The lowest BCUT2D eigenvalue weighted by Gasteiger charge is -2.10. The minimum Gasteiger partial charge on any atom is -0.497 e. The summed E-state index contributed by atoms with van der Waals surface area (Å²) in [7, 11) is 3.04. The normalized spacial score (nSPS) is 10.1. The van der Waals surface area contributed by atoms with Gasteiger partial charge >= 0.3 is 0 Å². The molecule has 0 atom stereocenters. The summed E-state index contributed by atoms with van der Waals surface area (Å²) in [6.45, 7) is 4.05. The highest BCUT2D eigenvalue weighted by molar-refractivity contribution is 5.95. The van der Waals surface area contributed by atoms with Gasteiger partial charge in [0.2, 0.25) is 5.91 Å². The molecule has 0 aliphatic rings. The SMILES string of the molecule is COc1cc(OC)cc(C(=O)NCCC(=O)NC(C)C)c1. The average molecular weight is 294 g/mol. The predicted molar refractivity (Wildman–Crippen MR) is 79.8 cm³/mol. The van der Waals surface area contributed by atoms with Crippen molar-refractivity contribution in [3.8, 4) is 11.5 Å². The number of rotatable bonds is 7. The molecule has 0 saturated carbocycles. The van der Waals surface area contributed by atoms with Gasteiger partial charge in [-0.15, -0.1) is 0 Å². The van der Waals surface area contributed by atoms with Gasteiger partial charge < -0.3 is 20.1 Å². The Morgan fingerprint density at radius 3 is 2.14 bits per heavy atom. The molecule has 0 aromatic heterocycles. The van der Waals surface area contributed by atoms with Crippen LogP contribution in [0.5, 0.6) is 11.5 Å². The summed E-state index contributed by atoms with van der Waals surface area (Å²) in [5.74, 6) is 0.715. The lowest BCUT2D eigenvalue weighted by atomic mass is 10.2. The van der Waals surface area contributed by atoms with Crippen LogP contribution in [0.1, 0.15) is 30.6 Å². The maximum atomic E-state index is 12.0. The maximum absolute atomic E-state index is 12.0. The van der Waals surface area contributed by atoms with Crippen LogP contribution in [0.4, 0.5) is 0 Å². The zero-order valence-electron chi connectivity index (χ0n) is 12.9. The van der Waals surface area contributed by atoms with E-state index in [0.29, 0.717) is 17.1 Å². The number of hydrogen-bond donors (Lipinski definition) is 2. The molecule has 0 radical (unpaired) electrons. The van der Waals surface area contributed by atoms with E-state index in [2.05, 4.69) is 10.6 Å². The van der Waals surface area contributed by atoms with E-state index in [1.165, 1.54) is 14.2 Å². The molecule has 1 rings (SSSR count). The molecule has 0 saturated heterocycles. The van der Waals surface area contributed by atoms with Crippen molar-refractivity contribution in [2.45, 2.75) is 26.3 Å². The first-order valence-corrected chi connectivity index (χ1v) is 6.77. The first kappa shape index (κ1) is 16.8. The van der Waals surface area contributed by atoms with E-state index in [-0.39, 0.29) is 30.8 Å². The molecule has 0 aliphatic heterocycles. The van der Waals surface area contributed by atoms with E-state index in [0.717, 1.165) is 0 Å². The van der Waals surface area contributed by atoms with Crippen LogP contribution in [0.3, 0.4) is 0 Å². The molecule has 0 spiro atoms. The standard InChI is InChI=1S/C15H22N2O4/c1-10(2)17-14(18)5-6-16-15(19)11-7-12(20-3)9-13(8-11)21-4/h7-10H,5-6H2,1-4H3,(H,16,19)(H,17,18).